The Morgan fingerprint density at radius 2 is 1.73 bits per heavy atom. The topological polar surface area (TPSA) is 38.9 Å². The van der Waals surface area contributed by atoms with Crippen LogP contribution in [0.3, 0.4) is 0 Å². The van der Waals surface area contributed by atoms with Crippen molar-refractivity contribution in [2.24, 2.45) is 0 Å². The summed E-state index contributed by atoms with van der Waals surface area (Å²) in [6.07, 6.45) is 0. The van der Waals surface area contributed by atoms with Crippen LogP contribution in [0.5, 0.6) is 0 Å². The van der Waals surface area contributed by atoms with Gasteiger partial charge in [0.2, 0.25) is 5.89 Å². The highest BCUT2D eigenvalue weighted by atomic mass is 79.9. The zero-order chi connectivity index (χ0) is 15.5. The van der Waals surface area contributed by atoms with E-state index >= 15 is 0 Å². The van der Waals surface area contributed by atoms with E-state index in [0.717, 1.165) is 15.6 Å². The summed E-state index contributed by atoms with van der Waals surface area (Å²) < 4.78 is 19.6. The fourth-order valence-corrected chi connectivity index (χ4v) is 2.99. The number of hydrogen-bond donors (Lipinski definition) is 0. The Hall–Kier alpha value is -1.66. The van der Waals surface area contributed by atoms with E-state index in [2.05, 4.69) is 26.1 Å². The van der Waals surface area contributed by atoms with Gasteiger partial charge in [0.1, 0.15) is 5.82 Å². The predicted octanol–water partition coefficient (Wildman–Crippen LogP) is 5.49. The fraction of sp³-hybridized carbons (Fsp3) is 0.125. The quantitative estimate of drug-likeness (QED) is 0.562. The van der Waals surface area contributed by atoms with Crippen molar-refractivity contribution in [3.05, 3.63) is 64.4 Å². The lowest BCUT2D eigenvalue weighted by Gasteiger charge is -2.08. The third kappa shape index (κ3) is 3.56. The lowest BCUT2D eigenvalue weighted by Crippen LogP contribution is -1.88. The highest BCUT2D eigenvalue weighted by Gasteiger charge is 2.14. The van der Waals surface area contributed by atoms with Crippen LogP contribution in [0.4, 0.5) is 4.39 Å². The lowest BCUT2D eigenvalue weighted by atomic mass is 10.2. The van der Waals surface area contributed by atoms with Gasteiger partial charge in [-0.2, -0.15) is 0 Å². The largest absolute Gasteiger partial charge is 0.411 e. The molecule has 6 heteroatoms. The predicted molar refractivity (Wildman–Crippen MR) is 88.1 cm³/mol. The molecule has 22 heavy (non-hydrogen) atoms. The van der Waals surface area contributed by atoms with Crippen molar-refractivity contribution < 1.29 is 8.81 Å². The Balaban J connectivity index is 1.73. The van der Waals surface area contributed by atoms with Gasteiger partial charge < -0.3 is 4.42 Å². The third-order valence-electron chi connectivity index (χ3n) is 3.11. The molecule has 0 saturated heterocycles. The molecule has 1 heterocycles. The molecular formula is C16H12BrFN2OS. The zero-order valence-corrected chi connectivity index (χ0v) is 14.1. The van der Waals surface area contributed by atoms with Gasteiger partial charge in [-0.15, -0.1) is 10.2 Å². The number of benzene rings is 2. The molecule has 3 aromatic rings. The molecule has 2 aromatic carbocycles. The number of aromatic nitrogens is 2. The van der Waals surface area contributed by atoms with Crippen molar-refractivity contribution in [3.63, 3.8) is 0 Å². The normalized spacial score (nSPS) is 12.3. The van der Waals surface area contributed by atoms with Gasteiger partial charge in [0.05, 0.1) is 0 Å². The van der Waals surface area contributed by atoms with Gasteiger partial charge in [0.15, 0.2) is 0 Å². The Kier molecular flexibility index (Phi) is 4.59. The highest BCUT2D eigenvalue weighted by Crippen LogP contribution is 2.35. The summed E-state index contributed by atoms with van der Waals surface area (Å²) in [6.45, 7) is 2.02. The molecule has 0 N–H and O–H groups in total. The second kappa shape index (κ2) is 6.62. The van der Waals surface area contributed by atoms with Gasteiger partial charge in [-0.1, -0.05) is 39.8 Å². The van der Waals surface area contributed by atoms with E-state index in [-0.39, 0.29) is 11.1 Å². The molecule has 112 valence electrons. The van der Waals surface area contributed by atoms with E-state index in [9.17, 15) is 4.39 Å². The summed E-state index contributed by atoms with van der Waals surface area (Å²) in [5.41, 5.74) is 1.88. The van der Waals surface area contributed by atoms with Crippen LogP contribution in [-0.2, 0) is 0 Å². The van der Waals surface area contributed by atoms with Crippen molar-refractivity contribution in [1.29, 1.82) is 0 Å². The molecule has 0 aliphatic carbocycles. The van der Waals surface area contributed by atoms with Crippen LogP contribution in [0.1, 0.15) is 17.7 Å². The van der Waals surface area contributed by atoms with Gasteiger partial charge in [0, 0.05) is 15.3 Å². The van der Waals surface area contributed by atoms with E-state index in [1.807, 2.05) is 31.2 Å². The Bertz CT molecular complexity index is 759. The van der Waals surface area contributed by atoms with Crippen LogP contribution in [0.25, 0.3) is 11.5 Å². The SMILES string of the molecule is CC(Sc1nnc(-c2ccc(Br)cc2)o1)c1ccc(F)cc1. The first-order valence-corrected chi connectivity index (χ1v) is 8.30. The molecule has 0 aliphatic rings. The average Bonchev–Trinajstić information content (AvgIpc) is 2.97. The summed E-state index contributed by atoms with van der Waals surface area (Å²) in [4.78, 5) is 0. The Labute approximate surface area is 140 Å². The summed E-state index contributed by atoms with van der Waals surface area (Å²) in [6, 6.07) is 14.1. The van der Waals surface area contributed by atoms with Crippen LogP contribution in [0.2, 0.25) is 0 Å². The van der Waals surface area contributed by atoms with Gasteiger partial charge in [-0.25, -0.2) is 4.39 Å². The number of nitrogens with zero attached hydrogens (tertiary/aromatic N) is 2. The van der Waals surface area contributed by atoms with Crippen molar-refractivity contribution >= 4 is 27.7 Å². The molecule has 0 bridgehead atoms. The van der Waals surface area contributed by atoms with Crippen LogP contribution in [-0.4, -0.2) is 10.2 Å². The highest BCUT2D eigenvalue weighted by molar-refractivity contribution is 9.10. The minimum Gasteiger partial charge on any atom is -0.411 e. The molecule has 1 unspecified atom stereocenters. The van der Waals surface area contributed by atoms with Crippen molar-refractivity contribution in [2.45, 2.75) is 17.4 Å². The third-order valence-corrected chi connectivity index (χ3v) is 4.64. The van der Waals surface area contributed by atoms with Gasteiger partial charge >= 0.3 is 0 Å². The molecule has 0 aliphatic heterocycles. The summed E-state index contributed by atoms with van der Waals surface area (Å²) in [5, 5.41) is 8.71. The van der Waals surface area contributed by atoms with Gasteiger partial charge in [-0.05, 0) is 48.9 Å². The van der Waals surface area contributed by atoms with E-state index in [4.69, 9.17) is 4.42 Å². The molecular weight excluding hydrogens is 367 g/mol. The molecule has 3 rings (SSSR count). The molecule has 1 aromatic heterocycles. The van der Waals surface area contributed by atoms with Crippen LogP contribution >= 0.6 is 27.7 Å². The first kappa shape index (κ1) is 15.2. The standard InChI is InChI=1S/C16H12BrFN2OS/c1-10(11-4-8-14(18)9-5-11)22-16-20-19-15(21-16)12-2-6-13(17)7-3-12/h2-10H,1H3. The first-order chi connectivity index (χ1) is 10.6. The van der Waals surface area contributed by atoms with E-state index in [0.29, 0.717) is 11.1 Å². The molecule has 0 fully saturated rings. The fourth-order valence-electron chi connectivity index (χ4n) is 1.92. The summed E-state index contributed by atoms with van der Waals surface area (Å²) >= 11 is 4.84. The monoisotopic (exact) mass is 378 g/mol. The van der Waals surface area contributed by atoms with Crippen LogP contribution in [0, 0.1) is 5.82 Å². The molecule has 0 amide bonds. The average molecular weight is 379 g/mol. The number of rotatable bonds is 4. The smallest absolute Gasteiger partial charge is 0.277 e. The summed E-state index contributed by atoms with van der Waals surface area (Å²) in [5.74, 6) is 0.248. The van der Waals surface area contributed by atoms with Crippen molar-refractivity contribution in [3.8, 4) is 11.5 Å². The van der Waals surface area contributed by atoms with E-state index < -0.39 is 0 Å². The van der Waals surface area contributed by atoms with Crippen LogP contribution in [0.15, 0.2) is 62.6 Å². The van der Waals surface area contributed by atoms with E-state index in [1.165, 1.54) is 23.9 Å². The van der Waals surface area contributed by atoms with Crippen molar-refractivity contribution in [1.82, 2.24) is 10.2 Å². The van der Waals surface area contributed by atoms with Crippen LogP contribution < -0.4 is 0 Å². The van der Waals surface area contributed by atoms with Crippen molar-refractivity contribution in [2.75, 3.05) is 0 Å². The van der Waals surface area contributed by atoms with Gasteiger partial charge in [0.25, 0.3) is 5.22 Å². The zero-order valence-electron chi connectivity index (χ0n) is 11.7. The maximum atomic E-state index is 12.9. The molecule has 0 saturated carbocycles. The Morgan fingerprint density at radius 3 is 2.41 bits per heavy atom. The minimum atomic E-state index is -0.240. The number of hydrogen-bond acceptors (Lipinski definition) is 4. The molecule has 0 spiro atoms. The number of halogens is 2. The lowest BCUT2D eigenvalue weighted by molar-refractivity contribution is 0.465. The molecule has 1 atom stereocenters. The minimum absolute atomic E-state index is 0.0961. The van der Waals surface area contributed by atoms with Gasteiger partial charge in [-0.3, -0.25) is 0 Å². The summed E-state index contributed by atoms with van der Waals surface area (Å²) in [7, 11) is 0. The maximum absolute atomic E-state index is 12.9. The maximum Gasteiger partial charge on any atom is 0.277 e. The molecule has 0 radical (unpaired) electrons. The number of thioether (sulfide) groups is 1. The second-order valence-corrected chi connectivity index (χ2v) is 6.90. The van der Waals surface area contributed by atoms with E-state index in [1.54, 1.807) is 12.1 Å². The second-order valence-electron chi connectivity index (χ2n) is 4.69. The first-order valence-electron chi connectivity index (χ1n) is 6.63. The Morgan fingerprint density at radius 1 is 1.05 bits per heavy atom. The molecule has 3 nitrogen and oxygen atoms in total.